The highest BCUT2D eigenvalue weighted by atomic mass is 16.4. The predicted octanol–water partition coefficient (Wildman–Crippen LogP) is 3.23. The summed E-state index contributed by atoms with van der Waals surface area (Å²) in [6.07, 6.45) is 6.30. The van der Waals surface area contributed by atoms with Crippen LogP contribution in [0.2, 0.25) is 0 Å². The van der Waals surface area contributed by atoms with Gasteiger partial charge < -0.3 is 15.1 Å². The fraction of sp³-hybridized carbons (Fsp3) is 0.320. The number of aliphatic carboxylic acids is 2. The van der Waals surface area contributed by atoms with E-state index in [2.05, 4.69) is 53.5 Å². The lowest BCUT2D eigenvalue weighted by Crippen LogP contribution is -2.41. The Hall–Kier alpha value is -3.45. The number of carboxylic acids is 2. The monoisotopic (exact) mass is 438 g/mol. The summed E-state index contributed by atoms with van der Waals surface area (Å²) in [6.45, 7) is 3.64. The summed E-state index contributed by atoms with van der Waals surface area (Å²) < 4.78 is 0. The van der Waals surface area contributed by atoms with Gasteiger partial charge >= 0.3 is 11.9 Å². The van der Waals surface area contributed by atoms with Crippen LogP contribution in [-0.4, -0.2) is 64.5 Å². The quantitative estimate of drug-likeness (QED) is 0.672. The Morgan fingerprint density at radius 2 is 1.47 bits per heavy atom. The topological polar surface area (TPSA) is 98.2 Å². The molecule has 0 atom stereocenters. The third-order valence-electron chi connectivity index (χ3n) is 5.23. The van der Waals surface area contributed by atoms with Crippen molar-refractivity contribution >= 4 is 23.9 Å². The molecule has 0 spiro atoms. The number of benzene rings is 2. The van der Waals surface area contributed by atoms with Crippen LogP contribution in [0, 0.1) is 5.92 Å². The number of hydrogen-bond donors (Lipinski definition) is 2. The minimum Gasteiger partial charge on any atom is -0.473 e. The van der Waals surface area contributed by atoms with Crippen LogP contribution in [0.5, 0.6) is 0 Å². The molecule has 2 N–H and O–H groups in total. The number of rotatable bonds is 6. The molecule has 0 bridgehead atoms. The molecular formula is C25H30N2O5. The summed E-state index contributed by atoms with van der Waals surface area (Å²) >= 11 is 0. The van der Waals surface area contributed by atoms with Crippen LogP contribution >= 0.6 is 0 Å². The Labute approximate surface area is 188 Å². The normalized spacial score (nSPS) is 14.4. The predicted molar refractivity (Wildman–Crippen MR) is 123 cm³/mol. The van der Waals surface area contributed by atoms with Crippen molar-refractivity contribution in [3.05, 3.63) is 77.9 Å². The molecule has 3 rings (SSSR count). The van der Waals surface area contributed by atoms with Gasteiger partial charge in [0.1, 0.15) is 0 Å². The maximum absolute atomic E-state index is 12.7. The second-order valence-corrected chi connectivity index (χ2v) is 7.68. The summed E-state index contributed by atoms with van der Waals surface area (Å²) in [5.41, 5.74) is 2.42. The molecule has 170 valence electrons. The standard InChI is InChI=1S/C23H28N2O.C2H2O4/c1-24(19-21-11-6-3-7-12-21)23(26)22-14-17-25(18-15-22)16-8-13-20-9-4-2-5-10-20;3-1(4)2(5)6/h2-13,22H,14-19H2,1H3;(H,3,4)(H,5,6)/b13-8+;. The van der Waals surface area contributed by atoms with Crippen LogP contribution in [0.3, 0.4) is 0 Å². The van der Waals surface area contributed by atoms with Crippen molar-refractivity contribution in [1.82, 2.24) is 9.80 Å². The molecule has 0 saturated carbocycles. The maximum atomic E-state index is 12.7. The highest BCUT2D eigenvalue weighted by molar-refractivity contribution is 6.27. The lowest BCUT2D eigenvalue weighted by molar-refractivity contribution is -0.159. The molecule has 2 aromatic rings. The smallest absolute Gasteiger partial charge is 0.414 e. The fourth-order valence-electron chi connectivity index (χ4n) is 3.51. The first-order chi connectivity index (χ1) is 15.4. The minimum atomic E-state index is -1.82. The molecule has 1 fully saturated rings. The van der Waals surface area contributed by atoms with Crippen LogP contribution in [0.4, 0.5) is 0 Å². The van der Waals surface area contributed by atoms with Crippen molar-refractivity contribution in [2.75, 3.05) is 26.7 Å². The van der Waals surface area contributed by atoms with E-state index >= 15 is 0 Å². The zero-order chi connectivity index (χ0) is 23.3. The van der Waals surface area contributed by atoms with Gasteiger partial charge in [-0.2, -0.15) is 0 Å². The Balaban J connectivity index is 0.000000534. The lowest BCUT2D eigenvalue weighted by Gasteiger charge is -2.32. The third-order valence-corrected chi connectivity index (χ3v) is 5.23. The average molecular weight is 439 g/mol. The molecule has 1 amide bonds. The summed E-state index contributed by atoms with van der Waals surface area (Å²) in [7, 11) is 1.92. The summed E-state index contributed by atoms with van der Waals surface area (Å²) in [4.78, 5) is 35.2. The van der Waals surface area contributed by atoms with Crippen LogP contribution in [-0.2, 0) is 20.9 Å². The van der Waals surface area contributed by atoms with Gasteiger partial charge in [0.05, 0.1) is 0 Å². The van der Waals surface area contributed by atoms with Gasteiger partial charge in [-0.15, -0.1) is 0 Å². The largest absolute Gasteiger partial charge is 0.473 e. The van der Waals surface area contributed by atoms with E-state index in [0.717, 1.165) is 32.5 Å². The van der Waals surface area contributed by atoms with Gasteiger partial charge in [0.2, 0.25) is 5.91 Å². The van der Waals surface area contributed by atoms with E-state index in [0.29, 0.717) is 6.54 Å². The van der Waals surface area contributed by atoms with E-state index in [1.54, 1.807) is 0 Å². The van der Waals surface area contributed by atoms with E-state index in [4.69, 9.17) is 19.8 Å². The first-order valence-electron chi connectivity index (χ1n) is 10.6. The minimum absolute atomic E-state index is 0.165. The Kier molecular flexibility index (Phi) is 10.1. The number of carboxylic acid groups (broad SMARTS) is 2. The molecule has 32 heavy (non-hydrogen) atoms. The van der Waals surface area contributed by atoms with Crippen molar-refractivity contribution < 1.29 is 24.6 Å². The first kappa shape index (κ1) is 24.8. The number of carbonyl (C=O) groups excluding carboxylic acids is 1. The van der Waals surface area contributed by atoms with Gasteiger partial charge in [0.15, 0.2) is 0 Å². The molecule has 1 saturated heterocycles. The number of nitrogens with zero attached hydrogens (tertiary/aromatic N) is 2. The molecule has 0 radical (unpaired) electrons. The first-order valence-corrected chi connectivity index (χ1v) is 10.6. The zero-order valence-electron chi connectivity index (χ0n) is 18.3. The van der Waals surface area contributed by atoms with E-state index < -0.39 is 11.9 Å². The molecule has 0 aliphatic carbocycles. The van der Waals surface area contributed by atoms with Crippen LogP contribution in [0.1, 0.15) is 24.0 Å². The van der Waals surface area contributed by atoms with Crippen molar-refractivity contribution in [2.24, 2.45) is 5.92 Å². The van der Waals surface area contributed by atoms with Gasteiger partial charge in [-0.25, -0.2) is 9.59 Å². The van der Waals surface area contributed by atoms with Crippen LogP contribution in [0.15, 0.2) is 66.7 Å². The van der Waals surface area contributed by atoms with Gasteiger partial charge in [-0.3, -0.25) is 9.69 Å². The summed E-state index contributed by atoms with van der Waals surface area (Å²) in [6, 6.07) is 20.6. The van der Waals surface area contributed by atoms with Gasteiger partial charge in [0.25, 0.3) is 0 Å². The summed E-state index contributed by atoms with van der Waals surface area (Å²) in [5, 5.41) is 14.8. The summed E-state index contributed by atoms with van der Waals surface area (Å²) in [5.74, 6) is -3.20. The fourth-order valence-corrected chi connectivity index (χ4v) is 3.51. The zero-order valence-corrected chi connectivity index (χ0v) is 18.3. The molecule has 7 nitrogen and oxygen atoms in total. The molecule has 1 aliphatic rings. The average Bonchev–Trinajstić information content (AvgIpc) is 2.81. The Bertz CT molecular complexity index is 879. The Morgan fingerprint density at radius 1 is 0.938 bits per heavy atom. The second kappa shape index (κ2) is 13.1. The maximum Gasteiger partial charge on any atom is 0.414 e. The number of hydrogen-bond acceptors (Lipinski definition) is 4. The number of carbonyl (C=O) groups is 3. The lowest BCUT2D eigenvalue weighted by atomic mass is 9.95. The van der Waals surface area contributed by atoms with Gasteiger partial charge in [-0.05, 0) is 37.1 Å². The Morgan fingerprint density at radius 3 is 2.00 bits per heavy atom. The van der Waals surface area contributed by atoms with E-state index in [9.17, 15) is 4.79 Å². The highest BCUT2D eigenvalue weighted by Crippen LogP contribution is 2.20. The molecule has 1 heterocycles. The number of likely N-dealkylation sites (tertiary alicyclic amines) is 1. The molecule has 2 aromatic carbocycles. The molecule has 1 aliphatic heterocycles. The van der Waals surface area contributed by atoms with Crippen LogP contribution in [0.25, 0.3) is 6.08 Å². The van der Waals surface area contributed by atoms with E-state index in [1.807, 2.05) is 36.2 Å². The molecular weight excluding hydrogens is 408 g/mol. The van der Waals surface area contributed by atoms with Crippen LogP contribution < -0.4 is 0 Å². The molecule has 0 aromatic heterocycles. The third kappa shape index (κ3) is 8.73. The highest BCUT2D eigenvalue weighted by Gasteiger charge is 2.26. The number of piperidine rings is 1. The van der Waals surface area contributed by atoms with Gasteiger partial charge in [0, 0.05) is 26.1 Å². The number of amides is 1. The van der Waals surface area contributed by atoms with E-state index in [1.165, 1.54) is 11.1 Å². The van der Waals surface area contributed by atoms with Crippen molar-refractivity contribution in [1.29, 1.82) is 0 Å². The van der Waals surface area contributed by atoms with Crippen molar-refractivity contribution in [3.8, 4) is 0 Å². The second-order valence-electron chi connectivity index (χ2n) is 7.68. The van der Waals surface area contributed by atoms with Crippen molar-refractivity contribution in [3.63, 3.8) is 0 Å². The molecule has 7 heteroatoms. The van der Waals surface area contributed by atoms with E-state index in [-0.39, 0.29) is 11.8 Å². The molecule has 0 unspecified atom stereocenters. The van der Waals surface area contributed by atoms with Gasteiger partial charge in [-0.1, -0.05) is 72.8 Å². The SMILES string of the molecule is CN(Cc1ccccc1)C(=O)C1CCN(C/C=C/c2ccccc2)CC1.O=C(O)C(=O)O. The van der Waals surface area contributed by atoms with Crippen molar-refractivity contribution in [2.45, 2.75) is 19.4 Å².